The Bertz CT molecular complexity index is 226. The molecule has 0 amide bonds. The minimum absolute atomic E-state index is 0.0141. The average Bonchev–Trinajstić information content (AvgIpc) is 2.22. The minimum atomic E-state index is -2.61. The highest BCUT2D eigenvalue weighted by molar-refractivity contribution is 7.77. The standard InChI is InChI=1S/C6H13NO7S/c8-2-4(10)6(12)5(11)3(9)1-7-15(13)14/h2-7,9-12H,1H2,(H,13,14)/p-1. The van der Waals surface area contributed by atoms with Gasteiger partial charge in [0.05, 0.1) is 6.10 Å². The molecule has 0 heterocycles. The van der Waals surface area contributed by atoms with Gasteiger partial charge in [-0.25, -0.2) is 4.72 Å². The SMILES string of the molecule is O=CC(O)C(O)C(O)C(O)CNS(=O)[O-]. The molecule has 0 aromatic carbocycles. The normalized spacial score (nSPS) is 21.4. The summed E-state index contributed by atoms with van der Waals surface area (Å²) in [5.41, 5.74) is 0. The summed E-state index contributed by atoms with van der Waals surface area (Å²) in [4.78, 5) is 10.0. The third-order valence-corrected chi connectivity index (χ3v) is 2.05. The molecule has 15 heavy (non-hydrogen) atoms. The minimum Gasteiger partial charge on any atom is -0.760 e. The molecule has 0 saturated carbocycles. The van der Waals surface area contributed by atoms with Crippen LogP contribution in [-0.2, 0) is 16.1 Å². The summed E-state index contributed by atoms with van der Waals surface area (Å²) in [7, 11) is 0. The third kappa shape index (κ3) is 5.28. The number of hydrogen-bond donors (Lipinski definition) is 5. The Hall–Kier alpha value is -0.420. The van der Waals surface area contributed by atoms with Crippen LogP contribution in [0.3, 0.4) is 0 Å². The fraction of sp³-hybridized carbons (Fsp3) is 0.833. The van der Waals surface area contributed by atoms with Gasteiger partial charge in [0.25, 0.3) is 0 Å². The van der Waals surface area contributed by atoms with Gasteiger partial charge < -0.3 is 29.8 Å². The summed E-state index contributed by atoms with van der Waals surface area (Å²) in [5.74, 6) is 0. The monoisotopic (exact) mass is 242 g/mol. The molecule has 0 aliphatic heterocycles. The highest BCUT2D eigenvalue weighted by Crippen LogP contribution is 2.03. The lowest BCUT2D eigenvalue weighted by Gasteiger charge is -2.24. The Balaban J connectivity index is 4.11. The van der Waals surface area contributed by atoms with Crippen molar-refractivity contribution in [2.24, 2.45) is 0 Å². The first-order valence-corrected chi connectivity index (χ1v) is 4.98. The van der Waals surface area contributed by atoms with Crippen LogP contribution in [0.2, 0.25) is 0 Å². The topological polar surface area (TPSA) is 150 Å². The van der Waals surface area contributed by atoms with Gasteiger partial charge in [0.2, 0.25) is 0 Å². The number of carbonyl (C=O) groups is 1. The van der Waals surface area contributed by atoms with Crippen molar-refractivity contribution in [1.82, 2.24) is 4.72 Å². The number of nitrogens with one attached hydrogen (secondary N) is 1. The van der Waals surface area contributed by atoms with Gasteiger partial charge in [-0.3, -0.25) is 4.21 Å². The van der Waals surface area contributed by atoms with Crippen molar-refractivity contribution in [3.63, 3.8) is 0 Å². The fourth-order valence-electron chi connectivity index (χ4n) is 0.784. The average molecular weight is 242 g/mol. The Kier molecular flexibility index (Phi) is 6.76. The van der Waals surface area contributed by atoms with E-state index < -0.39 is 42.2 Å². The van der Waals surface area contributed by atoms with Crippen LogP contribution in [-0.4, -0.2) is 66.4 Å². The molecular weight excluding hydrogens is 230 g/mol. The predicted octanol–water partition coefficient (Wildman–Crippen LogP) is -3.99. The summed E-state index contributed by atoms with van der Waals surface area (Å²) in [6.07, 6.45) is -7.19. The van der Waals surface area contributed by atoms with Gasteiger partial charge >= 0.3 is 0 Å². The van der Waals surface area contributed by atoms with E-state index in [1.54, 1.807) is 4.72 Å². The Morgan fingerprint density at radius 1 is 1.27 bits per heavy atom. The first kappa shape index (κ1) is 14.6. The maximum Gasteiger partial charge on any atom is 0.151 e. The van der Waals surface area contributed by atoms with E-state index in [9.17, 15) is 13.6 Å². The van der Waals surface area contributed by atoms with Crippen LogP contribution < -0.4 is 4.72 Å². The lowest BCUT2D eigenvalue weighted by molar-refractivity contribution is -0.133. The van der Waals surface area contributed by atoms with E-state index in [0.717, 1.165) is 0 Å². The van der Waals surface area contributed by atoms with Crippen LogP contribution >= 0.6 is 0 Å². The molecule has 90 valence electrons. The maximum atomic E-state index is 10.0. The molecule has 0 aromatic heterocycles. The van der Waals surface area contributed by atoms with E-state index in [1.165, 1.54) is 0 Å². The smallest absolute Gasteiger partial charge is 0.151 e. The summed E-state index contributed by atoms with van der Waals surface area (Å²) < 4.78 is 21.8. The number of rotatable bonds is 7. The Morgan fingerprint density at radius 3 is 2.20 bits per heavy atom. The van der Waals surface area contributed by atoms with Crippen LogP contribution in [0, 0.1) is 0 Å². The van der Waals surface area contributed by atoms with Crippen LogP contribution in [0.5, 0.6) is 0 Å². The highest BCUT2D eigenvalue weighted by Gasteiger charge is 2.29. The van der Waals surface area contributed by atoms with Gasteiger partial charge in [-0.05, 0) is 0 Å². The number of aliphatic hydroxyl groups excluding tert-OH is 4. The van der Waals surface area contributed by atoms with E-state index in [1.807, 2.05) is 0 Å². The summed E-state index contributed by atoms with van der Waals surface area (Å²) in [5, 5.41) is 36.1. The molecule has 5 unspecified atom stereocenters. The summed E-state index contributed by atoms with van der Waals surface area (Å²) in [6, 6.07) is 0. The van der Waals surface area contributed by atoms with Crippen molar-refractivity contribution in [2.75, 3.05) is 6.54 Å². The predicted molar refractivity (Wildman–Crippen MR) is 47.0 cm³/mol. The summed E-state index contributed by atoms with van der Waals surface area (Å²) in [6.45, 7) is -0.542. The largest absolute Gasteiger partial charge is 0.760 e. The van der Waals surface area contributed by atoms with Crippen molar-refractivity contribution in [3.8, 4) is 0 Å². The van der Waals surface area contributed by atoms with Gasteiger partial charge in [-0.15, -0.1) is 0 Å². The van der Waals surface area contributed by atoms with Gasteiger partial charge in [0, 0.05) is 17.8 Å². The van der Waals surface area contributed by atoms with E-state index in [0.29, 0.717) is 0 Å². The molecule has 0 rings (SSSR count). The maximum absolute atomic E-state index is 10.0. The summed E-state index contributed by atoms with van der Waals surface area (Å²) >= 11 is -2.61. The quantitative estimate of drug-likeness (QED) is 0.225. The van der Waals surface area contributed by atoms with Crippen LogP contribution in [0.15, 0.2) is 0 Å². The van der Waals surface area contributed by atoms with E-state index in [2.05, 4.69) is 0 Å². The number of hydrogen-bond acceptors (Lipinski definition) is 7. The van der Waals surface area contributed by atoms with E-state index in [-0.39, 0.29) is 6.29 Å². The van der Waals surface area contributed by atoms with Crippen LogP contribution in [0.25, 0.3) is 0 Å². The highest BCUT2D eigenvalue weighted by atomic mass is 32.2. The van der Waals surface area contributed by atoms with Crippen molar-refractivity contribution >= 4 is 17.6 Å². The Labute approximate surface area is 88.0 Å². The zero-order valence-electron chi connectivity index (χ0n) is 7.52. The first-order chi connectivity index (χ1) is 6.90. The molecular formula is C6H12NO7S-. The fourth-order valence-corrected chi connectivity index (χ4v) is 1.09. The molecule has 0 aliphatic rings. The lowest BCUT2D eigenvalue weighted by Crippen LogP contribution is -2.48. The van der Waals surface area contributed by atoms with Gasteiger partial charge in [-0.1, -0.05) is 0 Å². The molecule has 5 atom stereocenters. The number of aldehydes is 1. The van der Waals surface area contributed by atoms with E-state index in [4.69, 9.17) is 20.4 Å². The van der Waals surface area contributed by atoms with Crippen LogP contribution in [0.1, 0.15) is 0 Å². The van der Waals surface area contributed by atoms with Crippen molar-refractivity contribution in [1.29, 1.82) is 0 Å². The first-order valence-electron chi connectivity index (χ1n) is 3.90. The third-order valence-electron chi connectivity index (χ3n) is 1.64. The molecule has 9 heteroatoms. The molecule has 0 fully saturated rings. The molecule has 8 nitrogen and oxygen atoms in total. The second-order valence-electron chi connectivity index (χ2n) is 2.76. The molecule has 0 radical (unpaired) electrons. The molecule has 0 saturated heterocycles. The van der Waals surface area contributed by atoms with Gasteiger partial charge in [0.1, 0.15) is 18.3 Å². The van der Waals surface area contributed by atoms with Gasteiger partial charge in [0.15, 0.2) is 6.29 Å². The van der Waals surface area contributed by atoms with Gasteiger partial charge in [-0.2, -0.15) is 0 Å². The van der Waals surface area contributed by atoms with Crippen molar-refractivity contribution in [2.45, 2.75) is 24.4 Å². The Morgan fingerprint density at radius 2 is 1.80 bits per heavy atom. The number of aliphatic hydroxyl groups is 4. The van der Waals surface area contributed by atoms with Crippen LogP contribution in [0.4, 0.5) is 0 Å². The second kappa shape index (κ2) is 6.95. The second-order valence-corrected chi connectivity index (χ2v) is 3.52. The van der Waals surface area contributed by atoms with Crippen molar-refractivity contribution in [3.05, 3.63) is 0 Å². The molecule has 5 N–H and O–H groups in total. The molecule has 0 spiro atoms. The molecule has 0 bridgehead atoms. The zero-order chi connectivity index (χ0) is 12.0. The zero-order valence-corrected chi connectivity index (χ0v) is 8.33. The lowest BCUT2D eigenvalue weighted by atomic mass is 10.0. The molecule has 0 aromatic rings. The van der Waals surface area contributed by atoms with E-state index >= 15 is 0 Å². The number of carbonyl (C=O) groups excluding carboxylic acids is 1. The molecule has 0 aliphatic carbocycles. The van der Waals surface area contributed by atoms with Crippen molar-refractivity contribution < 1.29 is 34.0 Å².